The van der Waals surface area contributed by atoms with Gasteiger partial charge in [-0.15, -0.1) is 0 Å². The third-order valence-electron chi connectivity index (χ3n) is 2.75. The Labute approximate surface area is 115 Å². The summed E-state index contributed by atoms with van der Waals surface area (Å²) < 4.78 is 5.18. The Balaban J connectivity index is 2.54. The first-order valence-corrected chi connectivity index (χ1v) is 6.50. The highest BCUT2D eigenvalue weighted by Crippen LogP contribution is 2.18. The summed E-state index contributed by atoms with van der Waals surface area (Å²) in [5.41, 5.74) is 0.972. The van der Waals surface area contributed by atoms with Gasteiger partial charge in [-0.1, -0.05) is 12.1 Å². The summed E-state index contributed by atoms with van der Waals surface area (Å²) in [6.45, 7) is 8.38. The molecule has 1 aromatic carbocycles. The Bertz CT molecular complexity index is 424. The predicted molar refractivity (Wildman–Crippen MR) is 77.3 cm³/mol. The third kappa shape index (κ3) is 5.75. The maximum absolute atomic E-state index is 11.8. The van der Waals surface area contributed by atoms with Crippen molar-refractivity contribution in [3.05, 3.63) is 29.8 Å². The molecule has 0 bridgehead atoms. The molecule has 0 radical (unpaired) electrons. The topological polar surface area (TPSA) is 50.4 Å². The van der Waals surface area contributed by atoms with E-state index in [2.05, 4.69) is 10.6 Å². The van der Waals surface area contributed by atoms with Crippen LogP contribution in [-0.4, -0.2) is 25.1 Å². The molecule has 1 rings (SSSR count). The predicted octanol–water partition coefficient (Wildman–Crippen LogP) is 2.26. The number of methoxy groups -OCH3 is 1. The molecule has 2 N–H and O–H groups in total. The quantitative estimate of drug-likeness (QED) is 0.857. The third-order valence-corrected chi connectivity index (χ3v) is 2.75. The van der Waals surface area contributed by atoms with Gasteiger partial charge in [-0.3, -0.25) is 4.79 Å². The highest BCUT2D eigenvalue weighted by atomic mass is 16.5. The Morgan fingerprint density at radius 3 is 2.63 bits per heavy atom. The van der Waals surface area contributed by atoms with Crippen LogP contribution in [0.2, 0.25) is 0 Å². The van der Waals surface area contributed by atoms with Gasteiger partial charge in [-0.25, -0.2) is 0 Å². The first kappa shape index (κ1) is 15.5. The smallest absolute Gasteiger partial charge is 0.234 e. The van der Waals surface area contributed by atoms with Gasteiger partial charge >= 0.3 is 0 Å². The lowest BCUT2D eigenvalue weighted by atomic mass is 10.1. The van der Waals surface area contributed by atoms with Crippen LogP contribution in [0.5, 0.6) is 5.75 Å². The zero-order chi connectivity index (χ0) is 14.5. The van der Waals surface area contributed by atoms with E-state index in [9.17, 15) is 4.79 Å². The van der Waals surface area contributed by atoms with E-state index in [1.807, 2.05) is 52.0 Å². The van der Waals surface area contributed by atoms with E-state index in [1.54, 1.807) is 7.11 Å². The summed E-state index contributed by atoms with van der Waals surface area (Å²) in [6.07, 6.45) is 0. The molecule has 0 saturated carbocycles. The van der Waals surface area contributed by atoms with E-state index in [-0.39, 0.29) is 17.5 Å². The van der Waals surface area contributed by atoms with Crippen molar-refractivity contribution in [3.63, 3.8) is 0 Å². The molecule has 4 heteroatoms. The molecular formula is C15H24N2O2. The van der Waals surface area contributed by atoms with Crippen LogP contribution in [0.4, 0.5) is 0 Å². The summed E-state index contributed by atoms with van der Waals surface area (Å²) in [5.74, 6) is 0.789. The number of hydrogen-bond donors (Lipinski definition) is 2. The Morgan fingerprint density at radius 2 is 2.05 bits per heavy atom. The second kappa shape index (κ2) is 6.57. The molecule has 1 amide bonds. The maximum atomic E-state index is 11.8. The molecule has 0 fully saturated rings. The molecule has 19 heavy (non-hydrogen) atoms. The molecule has 0 spiro atoms. The second-order valence-electron chi connectivity index (χ2n) is 5.67. The standard InChI is InChI=1S/C15H24N2O2/c1-11(12-7-6-8-13(9-12)19-5)17-14(18)10-16-15(2,3)4/h6-9,11,16H,10H2,1-5H3,(H,17,18). The average molecular weight is 264 g/mol. The van der Waals surface area contributed by atoms with E-state index in [1.165, 1.54) is 0 Å². The van der Waals surface area contributed by atoms with Crippen molar-refractivity contribution >= 4 is 5.91 Å². The fourth-order valence-electron chi connectivity index (χ4n) is 1.63. The first-order valence-electron chi connectivity index (χ1n) is 6.50. The van der Waals surface area contributed by atoms with Crippen molar-refractivity contribution in [2.24, 2.45) is 0 Å². The molecule has 0 aliphatic heterocycles. The SMILES string of the molecule is COc1cccc(C(C)NC(=O)CNC(C)(C)C)c1. The fourth-order valence-corrected chi connectivity index (χ4v) is 1.63. The van der Waals surface area contributed by atoms with Crippen LogP contribution in [0.3, 0.4) is 0 Å². The summed E-state index contributed by atoms with van der Waals surface area (Å²) in [5, 5.41) is 6.13. The van der Waals surface area contributed by atoms with Gasteiger partial charge in [0.25, 0.3) is 0 Å². The Kier molecular flexibility index (Phi) is 5.36. The van der Waals surface area contributed by atoms with Gasteiger partial charge in [0.15, 0.2) is 0 Å². The lowest BCUT2D eigenvalue weighted by molar-refractivity contribution is -0.121. The summed E-state index contributed by atoms with van der Waals surface area (Å²) in [6, 6.07) is 7.68. The zero-order valence-corrected chi connectivity index (χ0v) is 12.4. The van der Waals surface area contributed by atoms with Gasteiger partial charge in [0, 0.05) is 5.54 Å². The number of carbonyl (C=O) groups is 1. The number of hydrogen-bond acceptors (Lipinski definition) is 3. The van der Waals surface area contributed by atoms with Crippen molar-refractivity contribution < 1.29 is 9.53 Å². The van der Waals surface area contributed by atoms with Gasteiger partial charge in [0.1, 0.15) is 5.75 Å². The molecule has 1 aromatic rings. The summed E-state index contributed by atoms with van der Waals surface area (Å²) in [7, 11) is 1.63. The molecule has 0 aliphatic carbocycles. The summed E-state index contributed by atoms with van der Waals surface area (Å²) >= 11 is 0. The molecule has 0 aromatic heterocycles. The van der Waals surface area contributed by atoms with Gasteiger partial charge < -0.3 is 15.4 Å². The molecule has 0 heterocycles. The number of rotatable bonds is 5. The van der Waals surface area contributed by atoms with Crippen LogP contribution >= 0.6 is 0 Å². The highest BCUT2D eigenvalue weighted by Gasteiger charge is 2.13. The first-order chi connectivity index (χ1) is 8.81. The van der Waals surface area contributed by atoms with Crippen LogP contribution in [0.25, 0.3) is 0 Å². The van der Waals surface area contributed by atoms with E-state index in [0.29, 0.717) is 6.54 Å². The monoisotopic (exact) mass is 264 g/mol. The van der Waals surface area contributed by atoms with Gasteiger partial charge in [0.2, 0.25) is 5.91 Å². The summed E-state index contributed by atoms with van der Waals surface area (Å²) in [4.78, 5) is 11.8. The highest BCUT2D eigenvalue weighted by molar-refractivity contribution is 5.78. The number of carbonyl (C=O) groups excluding carboxylic acids is 1. The van der Waals surface area contributed by atoms with E-state index >= 15 is 0 Å². The van der Waals surface area contributed by atoms with Gasteiger partial charge in [-0.05, 0) is 45.4 Å². The lowest BCUT2D eigenvalue weighted by Crippen LogP contribution is -2.43. The average Bonchev–Trinajstić information content (AvgIpc) is 2.35. The number of amides is 1. The van der Waals surface area contributed by atoms with Crippen LogP contribution < -0.4 is 15.4 Å². The fraction of sp³-hybridized carbons (Fsp3) is 0.533. The Morgan fingerprint density at radius 1 is 1.37 bits per heavy atom. The van der Waals surface area contributed by atoms with Crippen molar-refractivity contribution in [2.75, 3.05) is 13.7 Å². The van der Waals surface area contributed by atoms with Crippen molar-refractivity contribution in [2.45, 2.75) is 39.3 Å². The van der Waals surface area contributed by atoms with Crippen LogP contribution in [0, 0.1) is 0 Å². The molecule has 0 saturated heterocycles. The largest absolute Gasteiger partial charge is 0.497 e. The number of nitrogens with one attached hydrogen (secondary N) is 2. The van der Waals surface area contributed by atoms with Crippen molar-refractivity contribution in [1.29, 1.82) is 0 Å². The number of ether oxygens (including phenoxy) is 1. The van der Waals surface area contributed by atoms with E-state index < -0.39 is 0 Å². The van der Waals surface area contributed by atoms with Crippen molar-refractivity contribution in [3.8, 4) is 5.75 Å². The zero-order valence-electron chi connectivity index (χ0n) is 12.4. The second-order valence-corrected chi connectivity index (χ2v) is 5.67. The molecular weight excluding hydrogens is 240 g/mol. The normalized spacial score (nSPS) is 12.9. The lowest BCUT2D eigenvalue weighted by Gasteiger charge is -2.21. The number of benzene rings is 1. The minimum Gasteiger partial charge on any atom is -0.497 e. The molecule has 4 nitrogen and oxygen atoms in total. The molecule has 1 atom stereocenters. The van der Waals surface area contributed by atoms with Crippen LogP contribution in [-0.2, 0) is 4.79 Å². The molecule has 0 aliphatic rings. The van der Waals surface area contributed by atoms with E-state index in [4.69, 9.17) is 4.74 Å². The minimum absolute atomic E-state index is 0.00903. The molecule has 106 valence electrons. The Hall–Kier alpha value is -1.55. The maximum Gasteiger partial charge on any atom is 0.234 e. The van der Waals surface area contributed by atoms with E-state index in [0.717, 1.165) is 11.3 Å². The molecule has 1 unspecified atom stereocenters. The van der Waals surface area contributed by atoms with Gasteiger partial charge in [0.05, 0.1) is 19.7 Å². The van der Waals surface area contributed by atoms with Crippen molar-refractivity contribution in [1.82, 2.24) is 10.6 Å². The minimum atomic E-state index is -0.0590. The van der Waals surface area contributed by atoms with Crippen LogP contribution in [0.15, 0.2) is 24.3 Å². The van der Waals surface area contributed by atoms with Crippen LogP contribution in [0.1, 0.15) is 39.3 Å². The van der Waals surface area contributed by atoms with Gasteiger partial charge in [-0.2, -0.15) is 0 Å².